The number of rotatable bonds is 6. The average molecular weight is 222 g/mol. The van der Waals surface area contributed by atoms with E-state index in [1.54, 1.807) is 10.9 Å². The van der Waals surface area contributed by atoms with Gasteiger partial charge in [0.1, 0.15) is 12.0 Å². The minimum absolute atomic E-state index is 0.311. The smallest absolute Gasteiger partial charge is 0.244 e. The van der Waals surface area contributed by atoms with Crippen molar-refractivity contribution in [2.45, 2.75) is 26.4 Å². The highest BCUT2D eigenvalue weighted by Gasteiger charge is 2.01. The number of aldehydes is 1. The van der Waals surface area contributed by atoms with Crippen LogP contribution in [0, 0.1) is 0 Å². The standard InChI is InChI=1S/C10H14N4O2/c1-2-5-14-8-9(12-13-14)7-11-10(16)4-3-6-15/h3-4,6,8H,2,5,7H2,1H3,(H,11,16)/b4-3+. The summed E-state index contributed by atoms with van der Waals surface area (Å²) in [7, 11) is 0. The Labute approximate surface area is 93.3 Å². The van der Waals surface area contributed by atoms with Gasteiger partial charge in [-0.2, -0.15) is 0 Å². The van der Waals surface area contributed by atoms with Gasteiger partial charge in [0.15, 0.2) is 0 Å². The summed E-state index contributed by atoms with van der Waals surface area (Å²) in [4.78, 5) is 21.1. The van der Waals surface area contributed by atoms with Gasteiger partial charge in [-0.25, -0.2) is 0 Å². The summed E-state index contributed by atoms with van der Waals surface area (Å²) < 4.78 is 1.72. The van der Waals surface area contributed by atoms with Crippen LogP contribution in [0.1, 0.15) is 19.0 Å². The van der Waals surface area contributed by atoms with Gasteiger partial charge in [-0.1, -0.05) is 12.1 Å². The van der Waals surface area contributed by atoms with E-state index in [1.807, 2.05) is 6.92 Å². The van der Waals surface area contributed by atoms with Gasteiger partial charge in [0, 0.05) is 12.6 Å². The van der Waals surface area contributed by atoms with Crippen LogP contribution in [-0.2, 0) is 22.7 Å². The Morgan fingerprint density at radius 3 is 3.12 bits per heavy atom. The fraction of sp³-hybridized carbons (Fsp3) is 0.400. The lowest BCUT2D eigenvalue weighted by atomic mass is 10.4. The SMILES string of the molecule is CCCn1cc(CNC(=O)/C=C/C=O)nn1. The van der Waals surface area contributed by atoms with Gasteiger partial charge in [0.25, 0.3) is 0 Å². The number of allylic oxidation sites excluding steroid dienone is 1. The van der Waals surface area contributed by atoms with Crippen molar-refractivity contribution in [3.05, 3.63) is 24.0 Å². The Hall–Kier alpha value is -1.98. The van der Waals surface area contributed by atoms with Crippen molar-refractivity contribution in [1.29, 1.82) is 0 Å². The molecule has 0 fully saturated rings. The van der Waals surface area contributed by atoms with Crippen LogP contribution in [0.2, 0.25) is 0 Å². The van der Waals surface area contributed by atoms with Crippen molar-refractivity contribution in [2.24, 2.45) is 0 Å². The molecule has 1 N–H and O–H groups in total. The molecule has 0 aromatic carbocycles. The molecule has 6 nitrogen and oxygen atoms in total. The molecule has 86 valence electrons. The maximum absolute atomic E-state index is 11.1. The molecule has 0 aliphatic carbocycles. The highest BCUT2D eigenvalue weighted by atomic mass is 16.1. The number of hydrogen-bond acceptors (Lipinski definition) is 4. The monoisotopic (exact) mass is 222 g/mol. The van der Waals surface area contributed by atoms with E-state index in [9.17, 15) is 9.59 Å². The molecule has 6 heteroatoms. The topological polar surface area (TPSA) is 76.9 Å². The van der Waals surface area contributed by atoms with Crippen LogP contribution in [0.5, 0.6) is 0 Å². The molecular weight excluding hydrogens is 208 g/mol. The number of aromatic nitrogens is 3. The van der Waals surface area contributed by atoms with Crippen LogP contribution in [0.25, 0.3) is 0 Å². The molecule has 0 radical (unpaired) electrons. The van der Waals surface area contributed by atoms with Crippen LogP contribution in [0.4, 0.5) is 0 Å². The molecule has 1 aromatic rings. The van der Waals surface area contributed by atoms with Crippen LogP contribution < -0.4 is 5.32 Å². The van der Waals surface area contributed by atoms with E-state index in [0.717, 1.165) is 19.0 Å². The molecule has 0 saturated carbocycles. The first-order valence-electron chi connectivity index (χ1n) is 5.05. The normalized spacial score (nSPS) is 10.6. The van der Waals surface area contributed by atoms with Gasteiger partial charge in [-0.15, -0.1) is 5.10 Å². The number of hydrogen-bond donors (Lipinski definition) is 1. The Kier molecular flexibility index (Phi) is 4.91. The molecule has 0 bridgehead atoms. The van der Waals surface area contributed by atoms with Crippen LogP contribution in [0.3, 0.4) is 0 Å². The molecule has 1 rings (SSSR count). The van der Waals surface area contributed by atoms with Gasteiger partial charge in [0.2, 0.25) is 5.91 Å². The molecule has 0 spiro atoms. The number of carbonyl (C=O) groups excluding carboxylic acids is 2. The molecule has 1 heterocycles. The summed E-state index contributed by atoms with van der Waals surface area (Å²) in [5, 5.41) is 10.4. The first-order chi connectivity index (χ1) is 7.76. The highest BCUT2D eigenvalue weighted by Crippen LogP contribution is 1.93. The maximum atomic E-state index is 11.1. The Balaban J connectivity index is 2.39. The molecular formula is C10H14N4O2. The van der Waals surface area contributed by atoms with Gasteiger partial charge >= 0.3 is 0 Å². The summed E-state index contributed by atoms with van der Waals surface area (Å²) in [6, 6.07) is 0. The second kappa shape index (κ2) is 6.49. The van der Waals surface area contributed by atoms with Crippen LogP contribution in [-0.4, -0.2) is 27.2 Å². The lowest BCUT2D eigenvalue weighted by molar-refractivity contribution is -0.117. The summed E-state index contributed by atoms with van der Waals surface area (Å²) >= 11 is 0. The van der Waals surface area contributed by atoms with Crippen molar-refractivity contribution in [2.75, 3.05) is 0 Å². The third kappa shape index (κ3) is 4.04. The molecule has 0 atom stereocenters. The lowest BCUT2D eigenvalue weighted by Gasteiger charge is -1.96. The quantitative estimate of drug-likeness (QED) is 0.545. The summed E-state index contributed by atoms with van der Waals surface area (Å²) in [6.07, 6.45) is 5.63. The summed E-state index contributed by atoms with van der Waals surface area (Å²) in [6.45, 7) is 3.17. The zero-order chi connectivity index (χ0) is 11.8. The second-order valence-electron chi connectivity index (χ2n) is 3.19. The number of nitrogens with one attached hydrogen (secondary N) is 1. The largest absolute Gasteiger partial charge is 0.347 e. The first-order valence-corrected chi connectivity index (χ1v) is 5.05. The van der Waals surface area contributed by atoms with Crippen molar-refractivity contribution in [3.63, 3.8) is 0 Å². The van der Waals surface area contributed by atoms with Crippen molar-refractivity contribution in [3.8, 4) is 0 Å². The number of amides is 1. The zero-order valence-electron chi connectivity index (χ0n) is 9.09. The van der Waals surface area contributed by atoms with E-state index in [-0.39, 0.29) is 5.91 Å². The predicted molar refractivity (Wildman–Crippen MR) is 57.4 cm³/mol. The lowest BCUT2D eigenvalue weighted by Crippen LogP contribution is -2.20. The maximum Gasteiger partial charge on any atom is 0.244 e. The van der Waals surface area contributed by atoms with E-state index >= 15 is 0 Å². The van der Waals surface area contributed by atoms with Crippen molar-refractivity contribution < 1.29 is 9.59 Å². The molecule has 16 heavy (non-hydrogen) atoms. The van der Waals surface area contributed by atoms with E-state index in [4.69, 9.17) is 0 Å². The second-order valence-corrected chi connectivity index (χ2v) is 3.19. The van der Waals surface area contributed by atoms with Gasteiger partial charge < -0.3 is 5.32 Å². The minimum Gasteiger partial charge on any atom is -0.347 e. The number of carbonyl (C=O) groups is 2. The van der Waals surface area contributed by atoms with Crippen molar-refractivity contribution >= 4 is 12.2 Å². The zero-order valence-corrected chi connectivity index (χ0v) is 9.09. The fourth-order valence-corrected chi connectivity index (χ4v) is 1.12. The van der Waals surface area contributed by atoms with Crippen LogP contribution in [0.15, 0.2) is 18.3 Å². The summed E-state index contributed by atoms with van der Waals surface area (Å²) in [5.74, 6) is -0.322. The van der Waals surface area contributed by atoms with Crippen LogP contribution >= 0.6 is 0 Å². The molecule has 0 aliphatic heterocycles. The van der Waals surface area contributed by atoms with Gasteiger partial charge in [-0.05, 0) is 12.5 Å². The van der Waals surface area contributed by atoms with Gasteiger partial charge in [0.05, 0.1) is 12.7 Å². The first kappa shape index (κ1) is 12.1. The fourth-order valence-electron chi connectivity index (χ4n) is 1.12. The summed E-state index contributed by atoms with van der Waals surface area (Å²) in [5.41, 5.74) is 0.696. The van der Waals surface area contributed by atoms with E-state index in [1.165, 1.54) is 6.08 Å². The third-order valence-electron chi connectivity index (χ3n) is 1.81. The van der Waals surface area contributed by atoms with E-state index in [0.29, 0.717) is 18.5 Å². The number of nitrogens with zero attached hydrogens (tertiary/aromatic N) is 3. The Morgan fingerprint density at radius 1 is 1.62 bits per heavy atom. The molecule has 0 unspecified atom stereocenters. The van der Waals surface area contributed by atoms with E-state index in [2.05, 4.69) is 15.6 Å². The Morgan fingerprint density at radius 2 is 2.44 bits per heavy atom. The molecule has 0 saturated heterocycles. The third-order valence-corrected chi connectivity index (χ3v) is 1.81. The van der Waals surface area contributed by atoms with Gasteiger partial charge in [-0.3, -0.25) is 14.3 Å². The number of aryl methyl sites for hydroxylation is 1. The molecule has 1 amide bonds. The molecule has 1 aromatic heterocycles. The highest BCUT2D eigenvalue weighted by molar-refractivity contribution is 5.90. The van der Waals surface area contributed by atoms with Crippen molar-refractivity contribution in [1.82, 2.24) is 20.3 Å². The predicted octanol–water partition coefficient (Wildman–Crippen LogP) is 0.0594. The average Bonchev–Trinajstić information content (AvgIpc) is 2.72. The minimum atomic E-state index is -0.322. The Bertz CT molecular complexity index is 384. The van der Waals surface area contributed by atoms with E-state index < -0.39 is 0 Å². The molecule has 0 aliphatic rings.